The van der Waals surface area contributed by atoms with E-state index in [0.717, 1.165) is 10.9 Å². The summed E-state index contributed by atoms with van der Waals surface area (Å²) < 4.78 is 6.48. The number of para-hydroxylation sites is 1. The Bertz CT molecular complexity index is 630. The van der Waals surface area contributed by atoms with Crippen molar-refractivity contribution in [3.05, 3.63) is 48.7 Å². The fourth-order valence-corrected chi connectivity index (χ4v) is 2.20. The van der Waals surface area contributed by atoms with Crippen molar-refractivity contribution in [1.29, 1.82) is 0 Å². The first-order valence-electron chi connectivity index (χ1n) is 6.67. The van der Waals surface area contributed by atoms with Crippen LogP contribution in [0.4, 0.5) is 4.79 Å². The molecule has 1 heterocycles. The predicted molar refractivity (Wildman–Crippen MR) is 78.7 cm³/mol. The van der Waals surface area contributed by atoms with E-state index in [-0.39, 0.29) is 5.92 Å². The molecule has 0 aliphatic rings. The minimum atomic E-state index is -0.701. The Morgan fingerprint density at radius 1 is 1.50 bits per heavy atom. The van der Waals surface area contributed by atoms with Crippen molar-refractivity contribution < 1.29 is 14.6 Å². The minimum absolute atomic E-state index is 0.101. The number of carbonyl (C=O) groups is 1. The van der Waals surface area contributed by atoms with Crippen LogP contribution in [-0.4, -0.2) is 22.4 Å². The largest absolute Gasteiger partial charge is 0.449 e. The van der Waals surface area contributed by atoms with E-state index >= 15 is 0 Å². The van der Waals surface area contributed by atoms with Gasteiger partial charge >= 0.3 is 6.09 Å². The quantitative estimate of drug-likeness (QED) is 0.867. The molecule has 2 unspecified atom stereocenters. The van der Waals surface area contributed by atoms with Crippen LogP contribution in [0.25, 0.3) is 10.9 Å². The van der Waals surface area contributed by atoms with Crippen LogP contribution in [-0.2, 0) is 4.74 Å². The topological polar surface area (TPSA) is 51.5 Å². The number of hydrogen-bond acceptors (Lipinski definition) is 3. The SMILES string of the molecule is C=CC(C)C(O)c1cn(C(=O)OCC)c2ccccc12. The molecule has 2 rings (SSSR count). The fourth-order valence-electron chi connectivity index (χ4n) is 2.20. The third kappa shape index (κ3) is 2.47. The smallest absolute Gasteiger partial charge is 0.418 e. The van der Waals surface area contributed by atoms with E-state index in [1.54, 1.807) is 19.2 Å². The molecule has 0 aliphatic heterocycles. The van der Waals surface area contributed by atoms with Gasteiger partial charge in [0.2, 0.25) is 0 Å². The van der Waals surface area contributed by atoms with Gasteiger partial charge in [-0.1, -0.05) is 31.2 Å². The van der Waals surface area contributed by atoms with Crippen molar-refractivity contribution in [2.45, 2.75) is 20.0 Å². The molecule has 4 heteroatoms. The van der Waals surface area contributed by atoms with Crippen LogP contribution in [0, 0.1) is 5.92 Å². The van der Waals surface area contributed by atoms with Gasteiger partial charge in [-0.05, 0) is 13.0 Å². The second kappa shape index (κ2) is 5.92. The molecule has 1 aromatic carbocycles. The Morgan fingerprint density at radius 2 is 2.20 bits per heavy atom. The van der Waals surface area contributed by atoms with Gasteiger partial charge in [0.15, 0.2) is 0 Å². The standard InChI is InChI=1S/C16H19NO3/c1-4-11(3)15(18)13-10-17(16(19)20-5-2)14-9-7-6-8-12(13)14/h4,6-11,15,18H,1,5H2,2-3H3. The highest BCUT2D eigenvalue weighted by molar-refractivity contribution is 5.92. The van der Waals surface area contributed by atoms with E-state index in [1.165, 1.54) is 4.57 Å². The Kier molecular flexibility index (Phi) is 4.25. The van der Waals surface area contributed by atoms with Crippen LogP contribution in [0.2, 0.25) is 0 Å². The first-order chi connectivity index (χ1) is 9.60. The summed E-state index contributed by atoms with van der Waals surface area (Å²) in [6.07, 6.45) is 2.20. The van der Waals surface area contributed by atoms with E-state index in [4.69, 9.17) is 4.74 Å². The molecule has 0 saturated heterocycles. The van der Waals surface area contributed by atoms with Gasteiger partial charge in [0, 0.05) is 23.1 Å². The lowest BCUT2D eigenvalue weighted by Gasteiger charge is -2.14. The summed E-state index contributed by atoms with van der Waals surface area (Å²) in [5.41, 5.74) is 1.44. The third-order valence-corrected chi connectivity index (χ3v) is 3.40. The van der Waals surface area contributed by atoms with Crippen molar-refractivity contribution in [1.82, 2.24) is 4.57 Å². The van der Waals surface area contributed by atoms with Gasteiger partial charge in [0.1, 0.15) is 0 Å². The molecular weight excluding hydrogens is 254 g/mol. The summed E-state index contributed by atoms with van der Waals surface area (Å²) in [7, 11) is 0. The van der Waals surface area contributed by atoms with Gasteiger partial charge in [0.05, 0.1) is 18.2 Å². The molecule has 2 atom stereocenters. The lowest BCUT2D eigenvalue weighted by Crippen LogP contribution is -2.12. The van der Waals surface area contributed by atoms with Crippen LogP contribution in [0.3, 0.4) is 0 Å². The fraction of sp³-hybridized carbons (Fsp3) is 0.312. The van der Waals surface area contributed by atoms with E-state index in [1.807, 2.05) is 31.2 Å². The molecular formula is C16H19NO3. The second-order valence-electron chi connectivity index (χ2n) is 4.71. The van der Waals surface area contributed by atoms with Gasteiger partial charge in [-0.15, -0.1) is 6.58 Å². The average Bonchev–Trinajstić information content (AvgIpc) is 2.85. The molecule has 0 bridgehead atoms. The van der Waals surface area contributed by atoms with E-state index < -0.39 is 12.2 Å². The predicted octanol–water partition coefficient (Wildman–Crippen LogP) is 3.50. The van der Waals surface area contributed by atoms with Crippen LogP contribution in [0.5, 0.6) is 0 Å². The molecule has 1 N–H and O–H groups in total. The van der Waals surface area contributed by atoms with Gasteiger partial charge in [-0.3, -0.25) is 4.57 Å². The molecule has 4 nitrogen and oxygen atoms in total. The van der Waals surface area contributed by atoms with E-state index in [0.29, 0.717) is 12.2 Å². The molecule has 0 aliphatic carbocycles. The first kappa shape index (κ1) is 14.3. The molecule has 20 heavy (non-hydrogen) atoms. The van der Waals surface area contributed by atoms with Gasteiger partial charge in [-0.25, -0.2) is 4.79 Å². The highest BCUT2D eigenvalue weighted by Crippen LogP contribution is 2.31. The Morgan fingerprint density at radius 3 is 2.85 bits per heavy atom. The monoisotopic (exact) mass is 273 g/mol. The molecule has 106 valence electrons. The molecule has 2 aromatic rings. The number of rotatable bonds is 4. The van der Waals surface area contributed by atoms with Crippen molar-refractivity contribution in [3.8, 4) is 0 Å². The molecule has 0 amide bonds. The van der Waals surface area contributed by atoms with E-state index in [2.05, 4.69) is 6.58 Å². The number of fused-ring (bicyclic) bond motifs is 1. The number of carbonyl (C=O) groups excluding carboxylic acids is 1. The maximum absolute atomic E-state index is 12.0. The number of hydrogen-bond donors (Lipinski definition) is 1. The normalized spacial score (nSPS) is 13.9. The van der Waals surface area contributed by atoms with Crippen LogP contribution < -0.4 is 0 Å². The van der Waals surface area contributed by atoms with E-state index in [9.17, 15) is 9.90 Å². The molecule has 0 radical (unpaired) electrons. The number of aromatic nitrogens is 1. The zero-order valence-electron chi connectivity index (χ0n) is 11.7. The maximum Gasteiger partial charge on any atom is 0.418 e. The Hall–Kier alpha value is -2.07. The van der Waals surface area contributed by atoms with Gasteiger partial charge < -0.3 is 9.84 Å². The number of aliphatic hydroxyl groups excluding tert-OH is 1. The maximum atomic E-state index is 12.0. The van der Waals surface area contributed by atoms with Crippen molar-refractivity contribution in [2.75, 3.05) is 6.61 Å². The minimum Gasteiger partial charge on any atom is -0.449 e. The number of ether oxygens (including phenoxy) is 1. The summed E-state index contributed by atoms with van der Waals surface area (Å²) >= 11 is 0. The van der Waals surface area contributed by atoms with Gasteiger partial charge in [-0.2, -0.15) is 0 Å². The zero-order valence-corrected chi connectivity index (χ0v) is 11.7. The van der Waals surface area contributed by atoms with Crippen LogP contribution in [0.15, 0.2) is 43.1 Å². The van der Waals surface area contributed by atoms with Crippen LogP contribution in [0.1, 0.15) is 25.5 Å². The number of nitrogens with zero attached hydrogens (tertiary/aromatic N) is 1. The lowest BCUT2D eigenvalue weighted by molar-refractivity contribution is 0.140. The lowest BCUT2D eigenvalue weighted by atomic mass is 9.97. The number of benzene rings is 1. The Labute approximate surface area is 118 Å². The Balaban J connectivity index is 2.56. The summed E-state index contributed by atoms with van der Waals surface area (Å²) in [6, 6.07) is 7.46. The molecule has 0 spiro atoms. The zero-order chi connectivity index (χ0) is 14.7. The van der Waals surface area contributed by atoms with Crippen molar-refractivity contribution in [2.24, 2.45) is 5.92 Å². The highest BCUT2D eigenvalue weighted by Gasteiger charge is 2.21. The van der Waals surface area contributed by atoms with Crippen LogP contribution >= 0.6 is 0 Å². The summed E-state index contributed by atoms with van der Waals surface area (Å²) in [5, 5.41) is 11.2. The average molecular weight is 273 g/mol. The van der Waals surface area contributed by atoms with Crippen molar-refractivity contribution in [3.63, 3.8) is 0 Å². The van der Waals surface area contributed by atoms with Gasteiger partial charge in [0.25, 0.3) is 0 Å². The van der Waals surface area contributed by atoms with Crippen molar-refractivity contribution >= 4 is 17.0 Å². The summed E-state index contributed by atoms with van der Waals surface area (Å²) in [5.74, 6) is -0.101. The number of aliphatic hydroxyl groups is 1. The molecule has 0 saturated carbocycles. The first-order valence-corrected chi connectivity index (χ1v) is 6.67. The third-order valence-electron chi connectivity index (χ3n) is 3.40. The molecule has 1 aromatic heterocycles. The summed E-state index contributed by atoms with van der Waals surface area (Å²) in [6.45, 7) is 7.66. The second-order valence-corrected chi connectivity index (χ2v) is 4.71. The summed E-state index contributed by atoms with van der Waals surface area (Å²) in [4.78, 5) is 12.0. The molecule has 0 fully saturated rings. The highest BCUT2D eigenvalue weighted by atomic mass is 16.5.